The zero-order chi connectivity index (χ0) is 19.1. The molecule has 4 heterocycles. The second kappa shape index (κ2) is 6.74. The van der Waals surface area contributed by atoms with Gasteiger partial charge in [0.25, 0.3) is 5.91 Å². The number of hydrogen-bond donors (Lipinski definition) is 0. The fraction of sp³-hybridized carbons (Fsp3) is 0.333. The highest BCUT2D eigenvalue weighted by Crippen LogP contribution is 2.28. The maximum atomic E-state index is 13.1. The number of esters is 1. The van der Waals surface area contributed by atoms with Gasteiger partial charge in [0.1, 0.15) is 5.82 Å². The van der Waals surface area contributed by atoms with Crippen molar-refractivity contribution < 1.29 is 14.3 Å². The first-order valence-electron chi connectivity index (χ1n) is 9.58. The zero-order valence-corrected chi connectivity index (χ0v) is 15.3. The number of aromatic nitrogens is 3. The van der Waals surface area contributed by atoms with E-state index in [1.54, 1.807) is 12.1 Å². The number of carbonyl (C=O) groups excluding carboxylic acids is 2. The van der Waals surface area contributed by atoms with E-state index in [4.69, 9.17) is 4.74 Å². The minimum absolute atomic E-state index is 0.113. The van der Waals surface area contributed by atoms with Gasteiger partial charge in [0.2, 0.25) is 0 Å². The standard InChI is InChI=1S/C21H20N4O3/c26-20(17-12-14-6-1-2-8-16(14)21(27)28-17)24-10-5-7-15(13-24)19-23-22-18-9-3-4-11-25(18)19/h1-4,6,8-9,11,15,17H,5,7,10,12-13H2. The molecule has 0 spiro atoms. The molecular formula is C21H20N4O3. The van der Waals surface area contributed by atoms with Gasteiger partial charge in [0, 0.05) is 31.6 Å². The average molecular weight is 376 g/mol. The summed E-state index contributed by atoms with van der Waals surface area (Å²) >= 11 is 0. The van der Waals surface area contributed by atoms with E-state index in [-0.39, 0.29) is 11.8 Å². The molecule has 1 amide bonds. The Bertz CT molecular complexity index is 1060. The molecule has 7 heteroatoms. The Kier molecular flexibility index (Phi) is 4.07. The first-order valence-corrected chi connectivity index (χ1v) is 9.58. The molecule has 2 aliphatic rings. The van der Waals surface area contributed by atoms with Crippen molar-refractivity contribution in [3.63, 3.8) is 0 Å². The summed E-state index contributed by atoms with van der Waals surface area (Å²) in [6.07, 6.45) is 3.46. The number of cyclic esters (lactones) is 1. The molecule has 0 bridgehead atoms. The van der Waals surface area contributed by atoms with Crippen molar-refractivity contribution in [2.24, 2.45) is 0 Å². The van der Waals surface area contributed by atoms with Gasteiger partial charge in [-0.1, -0.05) is 24.3 Å². The molecule has 0 saturated carbocycles. The SMILES string of the molecule is O=C1OC(C(=O)N2CCCC(c3nnc4ccccn34)C2)Cc2ccccc21. The quantitative estimate of drug-likeness (QED) is 0.641. The number of pyridine rings is 1. The van der Waals surface area contributed by atoms with Gasteiger partial charge in [-0.3, -0.25) is 9.20 Å². The second-order valence-electron chi connectivity index (χ2n) is 7.37. The summed E-state index contributed by atoms with van der Waals surface area (Å²) in [6.45, 7) is 1.23. The van der Waals surface area contributed by atoms with Crippen LogP contribution in [0, 0.1) is 0 Å². The van der Waals surface area contributed by atoms with Crippen LogP contribution >= 0.6 is 0 Å². The highest BCUT2D eigenvalue weighted by molar-refractivity contribution is 5.95. The van der Waals surface area contributed by atoms with Gasteiger partial charge >= 0.3 is 5.97 Å². The molecule has 3 aromatic rings. The predicted octanol–water partition coefficient (Wildman–Crippen LogP) is 2.22. The van der Waals surface area contributed by atoms with Gasteiger partial charge < -0.3 is 9.64 Å². The molecule has 28 heavy (non-hydrogen) atoms. The Morgan fingerprint density at radius 2 is 1.96 bits per heavy atom. The van der Waals surface area contributed by atoms with E-state index in [9.17, 15) is 9.59 Å². The van der Waals surface area contributed by atoms with Crippen LogP contribution in [-0.4, -0.2) is 50.6 Å². The van der Waals surface area contributed by atoms with Crippen LogP contribution < -0.4 is 0 Å². The van der Waals surface area contributed by atoms with Crippen molar-refractivity contribution in [2.45, 2.75) is 31.3 Å². The number of hydrogen-bond acceptors (Lipinski definition) is 5. The molecule has 2 aliphatic heterocycles. The molecule has 1 aromatic carbocycles. The monoisotopic (exact) mass is 376 g/mol. The number of benzene rings is 1. The first kappa shape index (κ1) is 16.9. The van der Waals surface area contributed by atoms with E-state index in [0.29, 0.717) is 25.1 Å². The van der Waals surface area contributed by atoms with Crippen molar-refractivity contribution in [1.29, 1.82) is 0 Å². The lowest BCUT2D eigenvalue weighted by Gasteiger charge is -2.35. The maximum absolute atomic E-state index is 13.1. The Morgan fingerprint density at radius 3 is 2.89 bits per heavy atom. The maximum Gasteiger partial charge on any atom is 0.339 e. The molecule has 7 nitrogen and oxygen atoms in total. The minimum Gasteiger partial charge on any atom is -0.448 e. The number of likely N-dealkylation sites (tertiary alicyclic amines) is 1. The van der Waals surface area contributed by atoms with E-state index in [2.05, 4.69) is 10.2 Å². The number of carbonyl (C=O) groups is 2. The van der Waals surface area contributed by atoms with Crippen molar-refractivity contribution in [1.82, 2.24) is 19.5 Å². The van der Waals surface area contributed by atoms with Gasteiger partial charge in [-0.2, -0.15) is 0 Å². The van der Waals surface area contributed by atoms with E-state index in [0.717, 1.165) is 29.9 Å². The summed E-state index contributed by atoms with van der Waals surface area (Å²) in [5.74, 6) is 0.444. The molecule has 5 rings (SSSR count). The molecule has 142 valence electrons. The summed E-state index contributed by atoms with van der Waals surface area (Å²) in [6, 6.07) is 13.1. The fourth-order valence-electron chi connectivity index (χ4n) is 4.20. The lowest BCUT2D eigenvalue weighted by Crippen LogP contribution is -2.48. The summed E-state index contributed by atoms with van der Waals surface area (Å²) in [5.41, 5.74) is 2.23. The molecule has 1 saturated heterocycles. The van der Waals surface area contributed by atoms with Crippen LogP contribution in [0.4, 0.5) is 0 Å². The summed E-state index contributed by atoms with van der Waals surface area (Å²) in [7, 11) is 0. The molecule has 2 unspecified atom stereocenters. The molecule has 2 atom stereocenters. The van der Waals surface area contributed by atoms with Gasteiger partial charge in [0.15, 0.2) is 11.8 Å². The third-order valence-corrected chi connectivity index (χ3v) is 5.61. The molecule has 0 aliphatic carbocycles. The van der Waals surface area contributed by atoms with Crippen LogP contribution in [0.15, 0.2) is 48.7 Å². The first-order chi connectivity index (χ1) is 13.7. The second-order valence-corrected chi connectivity index (χ2v) is 7.37. The van der Waals surface area contributed by atoms with E-state index in [1.165, 1.54) is 0 Å². The van der Waals surface area contributed by atoms with Crippen LogP contribution in [0.3, 0.4) is 0 Å². The van der Waals surface area contributed by atoms with Gasteiger partial charge in [-0.15, -0.1) is 10.2 Å². The van der Waals surface area contributed by atoms with Crippen LogP contribution in [-0.2, 0) is 16.0 Å². The molecule has 1 fully saturated rings. The molecule has 0 N–H and O–H groups in total. The fourth-order valence-corrected chi connectivity index (χ4v) is 4.20. The van der Waals surface area contributed by atoms with Crippen molar-refractivity contribution in [3.8, 4) is 0 Å². The third kappa shape index (κ3) is 2.83. The number of rotatable bonds is 2. The Balaban J connectivity index is 1.35. The molecular weight excluding hydrogens is 356 g/mol. The Labute approximate surface area is 161 Å². The van der Waals surface area contributed by atoms with Crippen molar-refractivity contribution in [3.05, 3.63) is 65.6 Å². The van der Waals surface area contributed by atoms with Gasteiger partial charge in [-0.05, 0) is 36.6 Å². The summed E-state index contributed by atoms with van der Waals surface area (Å²) in [4.78, 5) is 27.2. The molecule has 0 radical (unpaired) electrons. The minimum atomic E-state index is -0.753. The highest BCUT2D eigenvalue weighted by atomic mass is 16.5. The number of piperidine rings is 1. The highest BCUT2D eigenvalue weighted by Gasteiger charge is 2.36. The van der Waals surface area contributed by atoms with Gasteiger partial charge in [0.05, 0.1) is 5.56 Å². The predicted molar refractivity (Wildman–Crippen MR) is 101 cm³/mol. The van der Waals surface area contributed by atoms with Crippen LogP contribution in [0.1, 0.15) is 40.5 Å². The number of ether oxygens (including phenoxy) is 1. The normalized spacial score (nSPS) is 22.0. The average Bonchev–Trinajstić information content (AvgIpc) is 3.17. The van der Waals surface area contributed by atoms with Gasteiger partial charge in [-0.25, -0.2) is 4.79 Å². The topological polar surface area (TPSA) is 76.8 Å². The Hall–Kier alpha value is -3.22. The van der Waals surface area contributed by atoms with Crippen LogP contribution in [0.2, 0.25) is 0 Å². The number of fused-ring (bicyclic) bond motifs is 2. The van der Waals surface area contributed by atoms with Crippen molar-refractivity contribution >= 4 is 17.5 Å². The van der Waals surface area contributed by atoms with Crippen molar-refractivity contribution in [2.75, 3.05) is 13.1 Å². The number of amides is 1. The molecule has 2 aromatic heterocycles. The van der Waals surface area contributed by atoms with E-state index in [1.807, 2.05) is 45.8 Å². The summed E-state index contributed by atoms with van der Waals surface area (Å²) < 4.78 is 7.44. The zero-order valence-electron chi connectivity index (χ0n) is 15.3. The lowest BCUT2D eigenvalue weighted by atomic mass is 9.94. The van der Waals surface area contributed by atoms with E-state index >= 15 is 0 Å². The Morgan fingerprint density at radius 1 is 1.11 bits per heavy atom. The summed E-state index contributed by atoms with van der Waals surface area (Å²) in [5, 5.41) is 8.59. The number of nitrogens with zero attached hydrogens (tertiary/aromatic N) is 4. The third-order valence-electron chi connectivity index (χ3n) is 5.61. The van der Waals surface area contributed by atoms with E-state index < -0.39 is 12.1 Å². The largest absolute Gasteiger partial charge is 0.448 e. The van der Waals surface area contributed by atoms with Crippen LogP contribution in [0.5, 0.6) is 0 Å². The smallest absolute Gasteiger partial charge is 0.339 e. The lowest BCUT2D eigenvalue weighted by molar-refractivity contribution is -0.142. The van der Waals surface area contributed by atoms with Crippen LogP contribution in [0.25, 0.3) is 5.65 Å².